The average Bonchev–Trinajstić information content (AvgIpc) is 3.07. The molecule has 30 heavy (non-hydrogen) atoms. The molecule has 7 heteroatoms. The molecule has 1 aliphatic heterocycles. The predicted octanol–water partition coefficient (Wildman–Crippen LogP) is 6.47. The normalized spacial score (nSPS) is 23.2. The van der Waals surface area contributed by atoms with Crippen LogP contribution in [0.3, 0.4) is 0 Å². The third-order valence-electron chi connectivity index (χ3n) is 5.44. The van der Waals surface area contributed by atoms with Crippen LogP contribution in [-0.2, 0) is 4.79 Å². The topological polar surface area (TPSA) is 53.8 Å². The lowest BCUT2D eigenvalue weighted by atomic mass is 9.83. The number of nitrogens with one attached hydrogen (secondary N) is 1. The minimum atomic E-state index is -0.364. The zero-order valence-electron chi connectivity index (χ0n) is 16.7. The fourth-order valence-electron chi connectivity index (χ4n) is 3.81. The van der Waals surface area contributed by atoms with Crippen LogP contribution in [0, 0.1) is 5.92 Å². The lowest BCUT2D eigenvalue weighted by Gasteiger charge is -2.30. The van der Waals surface area contributed by atoms with E-state index in [0.717, 1.165) is 42.0 Å². The average molecular weight is 460 g/mol. The maximum absolute atomic E-state index is 12.5. The molecule has 1 aliphatic carbocycles. The summed E-state index contributed by atoms with van der Waals surface area (Å²) in [6.07, 6.45) is 4.18. The van der Waals surface area contributed by atoms with E-state index in [9.17, 15) is 4.79 Å². The Bertz CT molecular complexity index is 979. The van der Waals surface area contributed by atoms with Crippen LogP contribution in [0.1, 0.15) is 38.2 Å². The lowest BCUT2D eigenvalue weighted by Crippen LogP contribution is -2.28. The Hall–Kier alpha value is -1.82. The number of thioether (sulfide) groups is 1. The molecule has 1 fully saturated rings. The number of anilines is 1. The van der Waals surface area contributed by atoms with Crippen molar-refractivity contribution in [1.82, 2.24) is 0 Å². The lowest BCUT2D eigenvalue weighted by molar-refractivity contribution is -0.113. The molecule has 2 aromatic carbocycles. The van der Waals surface area contributed by atoms with Crippen LogP contribution in [0.2, 0.25) is 10.0 Å². The molecule has 0 unspecified atom stereocenters. The van der Waals surface area contributed by atoms with Crippen LogP contribution in [0.15, 0.2) is 58.5 Å². The molecular formula is C23H23Cl2N3OS. The number of hydrogen-bond donors (Lipinski definition) is 1. The second kappa shape index (κ2) is 9.13. The highest BCUT2D eigenvalue weighted by Crippen LogP contribution is 2.40. The second-order valence-corrected chi connectivity index (χ2v) is 9.74. The molecule has 0 aromatic heterocycles. The van der Waals surface area contributed by atoms with E-state index in [1.807, 2.05) is 30.3 Å². The summed E-state index contributed by atoms with van der Waals surface area (Å²) in [5.74, 6) is 0.821. The number of benzene rings is 2. The molecule has 0 radical (unpaired) electrons. The van der Waals surface area contributed by atoms with Gasteiger partial charge in [-0.3, -0.25) is 9.79 Å². The van der Waals surface area contributed by atoms with Gasteiger partial charge in [-0.25, -0.2) is 4.99 Å². The van der Waals surface area contributed by atoms with Crippen molar-refractivity contribution in [3.8, 4) is 0 Å². The molecule has 1 spiro atoms. The summed E-state index contributed by atoms with van der Waals surface area (Å²) in [5.41, 5.74) is 2.16. The molecule has 1 saturated carbocycles. The van der Waals surface area contributed by atoms with Gasteiger partial charge in [0.2, 0.25) is 5.91 Å². The first-order chi connectivity index (χ1) is 14.4. The van der Waals surface area contributed by atoms with E-state index in [2.05, 4.69) is 12.2 Å². The first-order valence-electron chi connectivity index (χ1n) is 10.1. The van der Waals surface area contributed by atoms with Crippen molar-refractivity contribution in [2.45, 2.75) is 38.3 Å². The summed E-state index contributed by atoms with van der Waals surface area (Å²) in [6.45, 7) is 2.29. The summed E-state index contributed by atoms with van der Waals surface area (Å²) >= 11 is 13.5. The van der Waals surface area contributed by atoms with E-state index in [-0.39, 0.29) is 17.3 Å². The molecule has 1 N–H and O–H groups in total. The number of carbonyl (C=O) groups excluding carboxylic acids is 1. The van der Waals surface area contributed by atoms with Gasteiger partial charge in [0.25, 0.3) is 0 Å². The Kier molecular flexibility index (Phi) is 6.51. The third-order valence-corrected chi connectivity index (χ3v) is 6.84. The first kappa shape index (κ1) is 21.4. The number of halogens is 2. The van der Waals surface area contributed by atoms with Crippen molar-refractivity contribution in [2.75, 3.05) is 11.1 Å². The molecule has 1 heterocycles. The summed E-state index contributed by atoms with van der Waals surface area (Å²) in [4.78, 5) is 22.6. The monoisotopic (exact) mass is 459 g/mol. The molecule has 1 amide bonds. The SMILES string of the molecule is CC1CCC2(CC1)N=C(SCC(=O)Nc1cc(Cl)cc(Cl)c1)C(c1ccccc1)=N2. The van der Waals surface area contributed by atoms with Crippen molar-refractivity contribution in [3.05, 3.63) is 64.1 Å². The van der Waals surface area contributed by atoms with Gasteiger partial charge in [0.15, 0.2) is 5.66 Å². The summed E-state index contributed by atoms with van der Waals surface area (Å²) in [5, 5.41) is 4.67. The Balaban J connectivity index is 1.49. The molecule has 0 saturated heterocycles. The van der Waals surface area contributed by atoms with E-state index < -0.39 is 0 Å². The quantitative estimate of drug-likeness (QED) is 0.568. The highest BCUT2D eigenvalue weighted by atomic mass is 35.5. The molecule has 0 bridgehead atoms. The minimum absolute atomic E-state index is 0.133. The molecule has 2 aliphatic rings. The summed E-state index contributed by atoms with van der Waals surface area (Å²) in [7, 11) is 0. The second-order valence-electron chi connectivity index (χ2n) is 7.90. The van der Waals surface area contributed by atoms with E-state index in [4.69, 9.17) is 33.2 Å². The number of nitrogens with zero attached hydrogens (tertiary/aromatic N) is 2. The van der Waals surface area contributed by atoms with Crippen molar-refractivity contribution in [2.24, 2.45) is 15.9 Å². The smallest absolute Gasteiger partial charge is 0.234 e. The van der Waals surface area contributed by atoms with Gasteiger partial charge >= 0.3 is 0 Å². The largest absolute Gasteiger partial charge is 0.325 e. The molecule has 0 atom stereocenters. The van der Waals surface area contributed by atoms with Gasteiger partial charge in [0.1, 0.15) is 5.04 Å². The molecule has 4 rings (SSSR count). The van der Waals surface area contributed by atoms with Gasteiger partial charge in [-0.15, -0.1) is 0 Å². The number of aliphatic imine (C=N–C) groups is 2. The zero-order valence-corrected chi connectivity index (χ0v) is 19.0. The van der Waals surface area contributed by atoms with Crippen LogP contribution < -0.4 is 5.32 Å². The summed E-state index contributed by atoms with van der Waals surface area (Å²) in [6, 6.07) is 15.1. The van der Waals surface area contributed by atoms with Crippen LogP contribution in [0.5, 0.6) is 0 Å². The van der Waals surface area contributed by atoms with Crippen LogP contribution in [0.4, 0.5) is 5.69 Å². The number of amides is 1. The van der Waals surface area contributed by atoms with Crippen LogP contribution >= 0.6 is 35.0 Å². The van der Waals surface area contributed by atoms with Crippen molar-refractivity contribution in [1.29, 1.82) is 0 Å². The number of hydrogen-bond acceptors (Lipinski definition) is 4. The van der Waals surface area contributed by atoms with Gasteiger partial charge in [-0.1, -0.05) is 72.2 Å². The minimum Gasteiger partial charge on any atom is -0.325 e. The molecule has 156 valence electrons. The fourth-order valence-corrected chi connectivity index (χ4v) is 5.21. The van der Waals surface area contributed by atoms with Crippen LogP contribution in [0.25, 0.3) is 0 Å². The maximum atomic E-state index is 12.5. The number of rotatable bonds is 4. The highest BCUT2D eigenvalue weighted by Gasteiger charge is 2.39. The van der Waals surface area contributed by atoms with E-state index in [1.54, 1.807) is 18.2 Å². The predicted molar refractivity (Wildman–Crippen MR) is 128 cm³/mol. The molecule has 4 nitrogen and oxygen atoms in total. The summed E-state index contributed by atoms with van der Waals surface area (Å²) < 4.78 is 0. The highest BCUT2D eigenvalue weighted by molar-refractivity contribution is 8.16. The molecule has 2 aromatic rings. The zero-order chi connectivity index (χ0) is 21.1. The Labute approximate surface area is 191 Å². The van der Waals surface area contributed by atoms with Gasteiger partial charge in [-0.05, 0) is 49.8 Å². The van der Waals surface area contributed by atoms with E-state index in [1.165, 1.54) is 11.8 Å². The van der Waals surface area contributed by atoms with E-state index >= 15 is 0 Å². The maximum Gasteiger partial charge on any atom is 0.234 e. The van der Waals surface area contributed by atoms with Gasteiger partial charge in [0.05, 0.1) is 11.5 Å². The Morgan fingerprint density at radius 1 is 1.10 bits per heavy atom. The van der Waals surface area contributed by atoms with Gasteiger partial charge < -0.3 is 5.32 Å². The van der Waals surface area contributed by atoms with Crippen molar-refractivity contribution < 1.29 is 4.79 Å². The van der Waals surface area contributed by atoms with E-state index in [0.29, 0.717) is 21.7 Å². The number of carbonyl (C=O) groups is 1. The molecular weight excluding hydrogens is 437 g/mol. The standard InChI is InChI=1S/C23H23Cl2N3OS/c1-15-7-9-23(10-8-15)27-21(16-5-3-2-4-6-16)22(28-23)30-14-20(29)26-19-12-17(24)11-18(25)13-19/h2-6,11-13,15H,7-10,14H2,1H3,(H,26,29). The van der Waals surface area contributed by atoms with Crippen molar-refractivity contribution >= 4 is 57.3 Å². The third kappa shape index (κ3) is 5.08. The Morgan fingerprint density at radius 2 is 1.77 bits per heavy atom. The van der Waals surface area contributed by atoms with Crippen molar-refractivity contribution in [3.63, 3.8) is 0 Å². The fraction of sp³-hybridized carbons (Fsp3) is 0.348. The van der Waals surface area contributed by atoms with Gasteiger partial charge in [-0.2, -0.15) is 0 Å². The van der Waals surface area contributed by atoms with Gasteiger partial charge in [0, 0.05) is 21.3 Å². The Morgan fingerprint density at radius 3 is 2.43 bits per heavy atom. The van der Waals surface area contributed by atoms with Crippen LogP contribution in [-0.4, -0.2) is 28.1 Å². The first-order valence-corrected chi connectivity index (χ1v) is 11.8.